The first-order valence-corrected chi connectivity index (χ1v) is 6.67. The minimum Gasteiger partial charge on any atom is -0.375 e. The molecule has 2 fully saturated rings. The van der Waals surface area contributed by atoms with Crippen LogP contribution in [0.5, 0.6) is 0 Å². The molecule has 3 nitrogen and oxygen atoms in total. The molecule has 4 heteroatoms. The Morgan fingerprint density at radius 2 is 2.41 bits per heavy atom. The van der Waals surface area contributed by atoms with Crippen molar-refractivity contribution in [3.05, 3.63) is 29.0 Å². The zero-order valence-electron chi connectivity index (χ0n) is 9.81. The Labute approximate surface area is 107 Å². The van der Waals surface area contributed by atoms with Gasteiger partial charge in [-0.15, -0.1) is 0 Å². The van der Waals surface area contributed by atoms with Crippen LogP contribution in [0.2, 0.25) is 5.15 Å². The molecule has 2 atom stereocenters. The molecule has 2 unspecified atom stereocenters. The molecule has 1 aromatic heterocycles. The molecule has 92 valence electrons. The van der Waals surface area contributed by atoms with E-state index in [0.717, 1.165) is 25.3 Å². The fourth-order valence-corrected chi connectivity index (χ4v) is 3.14. The summed E-state index contributed by atoms with van der Waals surface area (Å²) < 4.78 is 5.81. The van der Waals surface area contributed by atoms with Crippen molar-refractivity contribution in [3.63, 3.8) is 0 Å². The lowest BCUT2D eigenvalue weighted by Crippen LogP contribution is -2.47. The highest BCUT2D eigenvalue weighted by Gasteiger charge is 2.35. The van der Waals surface area contributed by atoms with E-state index in [1.165, 1.54) is 19.3 Å². The van der Waals surface area contributed by atoms with Crippen LogP contribution in [0.25, 0.3) is 0 Å². The van der Waals surface area contributed by atoms with E-state index in [1.54, 1.807) is 6.20 Å². The lowest BCUT2D eigenvalue weighted by Gasteiger charge is -2.37. The molecule has 0 N–H and O–H groups in total. The van der Waals surface area contributed by atoms with Gasteiger partial charge in [0.15, 0.2) is 0 Å². The second-order valence-corrected chi connectivity index (χ2v) is 5.19. The van der Waals surface area contributed by atoms with Crippen LogP contribution in [0.4, 0.5) is 0 Å². The van der Waals surface area contributed by atoms with Crippen molar-refractivity contribution in [2.75, 3.05) is 13.2 Å². The molecule has 0 radical (unpaired) electrons. The third-order valence-corrected chi connectivity index (χ3v) is 4.15. The second-order valence-electron chi connectivity index (χ2n) is 4.83. The summed E-state index contributed by atoms with van der Waals surface area (Å²) in [5.41, 5.74) is 1.13. The maximum absolute atomic E-state index is 6.12. The van der Waals surface area contributed by atoms with Gasteiger partial charge in [-0.25, -0.2) is 4.98 Å². The number of hydrogen-bond donors (Lipinski definition) is 0. The standard InChI is InChI=1S/C13H17ClN2O/c14-13-10(3-2-6-15-13)9-16-7-8-17-12-5-1-4-11(12)16/h2-3,6,11-12H,1,4-5,7-9H2. The van der Waals surface area contributed by atoms with E-state index in [9.17, 15) is 0 Å². The number of fused-ring (bicyclic) bond motifs is 1. The summed E-state index contributed by atoms with van der Waals surface area (Å²) >= 11 is 6.12. The van der Waals surface area contributed by atoms with E-state index in [1.807, 2.05) is 6.07 Å². The number of rotatable bonds is 2. The summed E-state index contributed by atoms with van der Waals surface area (Å²) in [6.45, 7) is 2.75. The Morgan fingerprint density at radius 3 is 3.29 bits per heavy atom. The molecule has 1 aliphatic heterocycles. The molecule has 17 heavy (non-hydrogen) atoms. The van der Waals surface area contributed by atoms with Crippen LogP contribution in [-0.2, 0) is 11.3 Å². The molecule has 2 heterocycles. The van der Waals surface area contributed by atoms with Crippen LogP contribution in [-0.4, -0.2) is 35.2 Å². The zero-order chi connectivity index (χ0) is 11.7. The summed E-state index contributed by atoms with van der Waals surface area (Å²) in [5.74, 6) is 0. The summed E-state index contributed by atoms with van der Waals surface area (Å²) in [6.07, 6.45) is 5.93. The fraction of sp³-hybridized carbons (Fsp3) is 0.615. The zero-order valence-corrected chi connectivity index (χ0v) is 10.6. The van der Waals surface area contributed by atoms with Crippen LogP contribution < -0.4 is 0 Å². The molecule has 0 spiro atoms. The fourth-order valence-electron chi connectivity index (χ4n) is 2.96. The van der Waals surface area contributed by atoms with Crippen LogP contribution in [0.15, 0.2) is 18.3 Å². The predicted molar refractivity (Wildman–Crippen MR) is 67.0 cm³/mol. The van der Waals surface area contributed by atoms with E-state index < -0.39 is 0 Å². The molecular formula is C13H17ClN2O. The lowest BCUT2D eigenvalue weighted by atomic mass is 10.1. The Bertz CT molecular complexity index is 399. The Balaban J connectivity index is 1.74. The van der Waals surface area contributed by atoms with Gasteiger partial charge in [-0.05, 0) is 25.3 Å². The van der Waals surface area contributed by atoms with Crippen molar-refractivity contribution in [2.45, 2.75) is 38.0 Å². The average molecular weight is 253 g/mol. The van der Waals surface area contributed by atoms with Gasteiger partial charge in [0.05, 0.1) is 12.7 Å². The molecule has 1 saturated heterocycles. The van der Waals surface area contributed by atoms with Gasteiger partial charge >= 0.3 is 0 Å². The van der Waals surface area contributed by atoms with Gasteiger partial charge in [-0.2, -0.15) is 0 Å². The molecule has 0 amide bonds. The quantitative estimate of drug-likeness (QED) is 0.757. The smallest absolute Gasteiger partial charge is 0.133 e. The molecule has 3 rings (SSSR count). The largest absolute Gasteiger partial charge is 0.375 e. The van der Waals surface area contributed by atoms with E-state index in [0.29, 0.717) is 17.3 Å². The van der Waals surface area contributed by atoms with E-state index in [2.05, 4.69) is 16.0 Å². The summed E-state index contributed by atoms with van der Waals surface area (Å²) in [6, 6.07) is 4.60. The summed E-state index contributed by atoms with van der Waals surface area (Å²) in [4.78, 5) is 6.64. The summed E-state index contributed by atoms with van der Waals surface area (Å²) in [5, 5.41) is 0.633. The van der Waals surface area contributed by atoms with Gasteiger partial charge in [-0.3, -0.25) is 4.90 Å². The van der Waals surface area contributed by atoms with Crippen LogP contribution in [0.3, 0.4) is 0 Å². The predicted octanol–water partition coefficient (Wildman–Crippen LogP) is 2.49. The van der Waals surface area contributed by atoms with Crippen LogP contribution in [0.1, 0.15) is 24.8 Å². The number of halogens is 1. The second kappa shape index (κ2) is 4.92. The monoisotopic (exact) mass is 252 g/mol. The van der Waals surface area contributed by atoms with E-state index in [4.69, 9.17) is 16.3 Å². The van der Waals surface area contributed by atoms with Gasteiger partial charge in [0.2, 0.25) is 0 Å². The first-order chi connectivity index (χ1) is 8.34. The number of morpholine rings is 1. The van der Waals surface area contributed by atoms with Crippen molar-refractivity contribution in [3.8, 4) is 0 Å². The molecule has 1 aromatic rings. The van der Waals surface area contributed by atoms with E-state index in [-0.39, 0.29) is 0 Å². The Kier molecular flexibility index (Phi) is 3.32. The highest BCUT2D eigenvalue weighted by Crippen LogP contribution is 2.31. The van der Waals surface area contributed by atoms with Crippen molar-refractivity contribution >= 4 is 11.6 Å². The lowest BCUT2D eigenvalue weighted by molar-refractivity contribution is -0.0588. The van der Waals surface area contributed by atoms with Gasteiger partial charge in [0.1, 0.15) is 5.15 Å². The van der Waals surface area contributed by atoms with Crippen molar-refractivity contribution < 1.29 is 4.74 Å². The van der Waals surface area contributed by atoms with Crippen LogP contribution >= 0.6 is 11.6 Å². The topological polar surface area (TPSA) is 25.4 Å². The molecule has 1 saturated carbocycles. The van der Waals surface area contributed by atoms with Gasteiger partial charge < -0.3 is 4.74 Å². The first kappa shape index (κ1) is 11.5. The van der Waals surface area contributed by atoms with Crippen molar-refractivity contribution in [2.24, 2.45) is 0 Å². The number of aromatic nitrogens is 1. The number of hydrogen-bond acceptors (Lipinski definition) is 3. The maximum Gasteiger partial charge on any atom is 0.133 e. The summed E-state index contributed by atoms with van der Waals surface area (Å²) in [7, 11) is 0. The molecule has 1 aliphatic carbocycles. The molecule has 0 aromatic carbocycles. The van der Waals surface area contributed by atoms with Gasteiger partial charge in [0.25, 0.3) is 0 Å². The highest BCUT2D eigenvalue weighted by molar-refractivity contribution is 6.30. The third-order valence-electron chi connectivity index (χ3n) is 3.81. The highest BCUT2D eigenvalue weighted by atomic mass is 35.5. The first-order valence-electron chi connectivity index (χ1n) is 6.29. The van der Waals surface area contributed by atoms with E-state index >= 15 is 0 Å². The number of nitrogens with zero attached hydrogens (tertiary/aromatic N) is 2. The van der Waals surface area contributed by atoms with Crippen molar-refractivity contribution in [1.82, 2.24) is 9.88 Å². The molecule has 0 bridgehead atoms. The third kappa shape index (κ3) is 2.32. The van der Waals surface area contributed by atoms with Crippen LogP contribution in [0, 0.1) is 0 Å². The average Bonchev–Trinajstić information content (AvgIpc) is 2.81. The van der Waals surface area contributed by atoms with Gasteiger partial charge in [0, 0.05) is 30.9 Å². The minimum atomic E-state index is 0.444. The Morgan fingerprint density at radius 1 is 1.47 bits per heavy atom. The van der Waals surface area contributed by atoms with Crippen molar-refractivity contribution in [1.29, 1.82) is 0 Å². The number of pyridine rings is 1. The van der Waals surface area contributed by atoms with Gasteiger partial charge in [-0.1, -0.05) is 17.7 Å². The number of ether oxygens (including phenoxy) is 1. The SMILES string of the molecule is Clc1ncccc1CN1CCOC2CCCC21. The normalized spacial score (nSPS) is 29.2. The molecular weight excluding hydrogens is 236 g/mol. The molecule has 2 aliphatic rings. The Hall–Kier alpha value is -0.640. The minimum absolute atomic E-state index is 0.444. The maximum atomic E-state index is 6.12.